The molecule has 0 N–H and O–H groups in total. The third kappa shape index (κ3) is 11.5. The van der Waals surface area contributed by atoms with Crippen LogP contribution in [0.15, 0.2) is 17.8 Å². The minimum atomic E-state index is -1.69. The maximum Gasteiger partial charge on any atom is 0.431 e. The molecule has 1 amide bonds. The lowest BCUT2D eigenvalue weighted by Gasteiger charge is -2.34. The van der Waals surface area contributed by atoms with E-state index in [-0.39, 0.29) is 11.8 Å². The van der Waals surface area contributed by atoms with Crippen LogP contribution < -0.4 is 0 Å². The number of nitrogens with zero attached hydrogens (tertiary/aromatic N) is 2. The van der Waals surface area contributed by atoms with Gasteiger partial charge in [0.1, 0.15) is 5.60 Å². The van der Waals surface area contributed by atoms with Crippen LogP contribution in [0.5, 0.6) is 0 Å². The summed E-state index contributed by atoms with van der Waals surface area (Å²) < 4.78 is 5.56. The van der Waals surface area contributed by atoms with Crippen LogP contribution in [0.25, 0.3) is 0 Å². The van der Waals surface area contributed by atoms with Crippen molar-refractivity contribution in [2.45, 2.75) is 110 Å². The van der Waals surface area contributed by atoms with Gasteiger partial charge in [-0.15, -0.1) is 6.58 Å². The zero-order chi connectivity index (χ0) is 20.2. The summed E-state index contributed by atoms with van der Waals surface area (Å²) in [5.41, 5.74) is -0.614. The molecule has 0 aliphatic heterocycles. The molecule has 5 heteroatoms. The molecule has 0 aromatic heterocycles. The molecule has 26 heavy (non-hydrogen) atoms. The minimum absolute atomic E-state index is 0.0809. The van der Waals surface area contributed by atoms with E-state index < -0.39 is 13.7 Å². The number of hydrogen-bond donors (Lipinski definition) is 0. The van der Waals surface area contributed by atoms with Gasteiger partial charge in [0.05, 0.1) is 13.7 Å². The number of hydrogen-bond acceptors (Lipinski definition) is 3. The fourth-order valence-corrected chi connectivity index (χ4v) is 4.31. The van der Waals surface area contributed by atoms with E-state index in [9.17, 15) is 4.79 Å². The van der Waals surface area contributed by atoms with Crippen LogP contribution in [0.3, 0.4) is 0 Å². The maximum absolute atomic E-state index is 12.6. The third-order valence-electron chi connectivity index (χ3n) is 4.10. The van der Waals surface area contributed by atoms with Crippen molar-refractivity contribution in [2.75, 3.05) is 0 Å². The van der Waals surface area contributed by atoms with Gasteiger partial charge in [-0.25, -0.2) is 4.79 Å². The number of carbonyl (C=O) groups excluding carboxylic acids is 1. The van der Waals surface area contributed by atoms with E-state index in [1.807, 2.05) is 33.1 Å². The Morgan fingerprint density at radius 1 is 1.12 bits per heavy atom. The summed E-state index contributed by atoms with van der Waals surface area (Å²) in [7, 11) is -1.69. The normalized spacial score (nSPS) is 13.7. The first-order valence-electron chi connectivity index (χ1n) is 10.2. The zero-order valence-corrected chi connectivity index (χ0v) is 19.3. The lowest BCUT2D eigenvalue weighted by molar-refractivity contribution is 0.0247. The van der Waals surface area contributed by atoms with E-state index in [1.54, 1.807) is 0 Å². The fourth-order valence-electron chi connectivity index (χ4n) is 2.70. The van der Waals surface area contributed by atoms with Gasteiger partial charge in [0.15, 0.2) is 0 Å². The van der Waals surface area contributed by atoms with Crippen LogP contribution in [0.2, 0.25) is 19.6 Å². The number of hydrazone groups is 1. The van der Waals surface area contributed by atoms with E-state index in [0.717, 1.165) is 12.8 Å². The Kier molecular flexibility index (Phi) is 11.8. The second kappa shape index (κ2) is 12.3. The van der Waals surface area contributed by atoms with Gasteiger partial charge in [0, 0.05) is 6.21 Å². The van der Waals surface area contributed by atoms with Crippen LogP contribution in [-0.4, -0.2) is 36.7 Å². The topological polar surface area (TPSA) is 41.9 Å². The second-order valence-corrected chi connectivity index (χ2v) is 14.4. The van der Waals surface area contributed by atoms with Gasteiger partial charge in [-0.05, 0) is 33.6 Å². The Hall–Kier alpha value is -1.10. The first-order chi connectivity index (χ1) is 12.0. The molecule has 152 valence electrons. The van der Waals surface area contributed by atoms with E-state index in [0.29, 0.717) is 0 Å². The van der Waals surface area contributed by atoms with Crippen molar-refractivity contribution in [3.05, 3.63) is 12.7 Å². The van der Waals surface area contributed by atoms with E-state index in [2.05, 4.69) is 38.2 Å². The minimum Gasteiger partial charge on any atom is -0.442 e. The number of rotatable bonds is 12. The molecule has 0 radical (unpaired) electrons. The molecule has 1 unspecified atom stereocenters. The predicted octanol–water partition coefficient (Wildman–Crippen LogP) is 6.78. The highest BCUT2D eigenvalue weighted by Crippen LogP contribution is 2.20. The van der Waals surface area contributed by atoms with Crippen molar-refractivity contribution < 1.29 is 9.53 Å². The highest BCUT2D eigenvalue weighted by molar-refractivity contribution is 6.78. The summed E-state index contributed by atoms with van der Waals surface area (Å²) in [6, 6.07) is 0. The predicted molar refractivity (Wildman–Crippen MR) is 117 cm³/mol. The monoisotopic (exact) mass is 382 g/mol. The number of carbonyl (C=O) groups is 1. The van der Waals surface area contributed by atoms with Crippen LogP contribution in [0.1, 0.15) is 79.1 Å². The molecule has 0 saturated carbocycles. The Labute approximate surface area is 163 Å². The largest absolute Gasteiger partial charge is 0.442 e. The van der Waals surface area contributed by atoms with Crippen molar-refractivity contribution >= 4 is 20.4 Å². The highest BCUT2D eigenvalue weighted by atomic mass is 28.3. The Balaban J connectivity index is 4.71. The van der Waals surface area contributed by atoms with Gasteiger partial charge in [-0.3, -0.25) is 0 Å². The summed E-state index contributed by atoms with van der Waals surface area (Å²) in [6.45, 7) is 18.4. The average Bonchev–Trinajstić information content (AvgIpc) is 2.49. The zero-order valence-electron chi connectivity index (χ0n) is 18.3. The number of ether oxygens (including phenoxy) is 1. The summed E-state index contributed by atoms with van der Waals surface area (Å²) in [4.78, 5) is 12.6. The number of amides is 1. The smallest absolute Gasteiger partial charge is 0.431 e. The first-order valence-corrected chi connectivity index (χ1v) is 13.8. The van der Waals surface area contributed by atoms with Crippen molar-refractivity contribution in [1.29, 1.82) is 0 Å². The van der Waals surface area contributed by atoms with E-state index >= 15 is 0 Å². The van der Waals surface area contributed by atoms with Crippen LogP contribution >= 0.6 is 0 Å². The molecule has 0 fully saturated rings. The Morgan fingerprint density at radius 3 is 2.12 bits per heavy atom. The molecule has 0 heterocycles. The summed E-state index contributed by atoms with van der Waals surface area (Å²) in [5, 5.41) is 6.00. The fraction of sp³-hybridized carbons (Fsp3) is 0.810. The van der Waals surface area contributed by atoms with Gasteiger partial charge in [-0.1, -0.05) is 71.2 Å². The van der Waals surface area contributed by atoms with E-state index in [1.165, 1.54) is 43.5 Å². The molecular formula is C21H42N2O2Si. The van der Waals surface area contributed by atoms with E-state index in [4.69, 9.17) is 4.74 Å². The molecule has 0 spiro atoms. The molecule has 0 bridgehead atoms. The average molecular weight is 383 g/mol. The van der Waals surface area contributed by atoms with Gasteiger partial charge in [0.2, 0.25) is 0 Å². The van der Waals surface area contributed by atoms with Crippen LogP contribution in [-0.2, 0) is 4.74 Å². The van der Waals surface area contributed by atoms with Gasteiger partial charge in [-0.2, -0.15) is 10.1 Å². The molecule has 1 atom stereocenters. The molecule has 0 rings (SSSR count). The SMILES string of the molecule is C=CC(N(/N=C/CCCCCCCCC)C(=O)OC(C)(C)C)[Si](C)(C)C. The van der Waals surface area contributed by atoms with Crippen LogP contribution in [0.4, 0.5) is 4.79 Å². The molecule has 0 aromatic rings. The van der Waals surface area contributed by atoms with Crippen molar-refractivity contribution in [3.63, 3.8) is 0 Å². The van der Waals surface area contributed by atoms with Gasteiger partial charge in [0.25, 0.3) is 0 Å². The first kappa shape index (κ1) is 24.9. The maximum atomic E-state index is 12.6. The van der Waals surface area contributed by atoms with Crippen molar-refractivity contribution in [1.82, 2.24) is 5.01 Å². The quantitative estimate of drug-likeness (QED) is 0.123. The number of unbranched alkanes of at least 4 members (excludes halogenated alkanes) is 7. The molecule has 4 nitrogen and oxygen atoms in total. The standard InChI is InChI=1S/C21H42N2O2Si/c1-9-11-12-13-14-15-16-17-18-22-23(19(10-2)26(6,7)8)20(24)25-21(3,4)5/h10,18-19H,2,9,11-17H2,1,3-8H3/b22-18+. The Morgan fingerprint density at radius 2 is 1.65 bits per heavy atom. The Bertz CT molecular complexity index is 436. The molecular weight excluding hydrogens is 340 g/mol. The second-order valence-electron chi connectivity index (χ2n) is 9.08. The van der Waals surface area contributed by atoms with Crippen molar-refractivity contribution in [3.8, 4) is 0 Å². The lowest BCUT2D eigenvalue weighted by atomic mass is 10.1. The van der Waals surface area contributed by atoms with Gasteiger partial charge >= 0.3 is 6.09 Å². The highest BCUT2D eigenvalue weighted by Gasteiger charge is 2.35. The molecule has 0 aliphatic carbocycles. The molecule has 0 saturated heterocycles. The molecule has 0 aromatic carbocycles. The lowest BCUT2D eigenvalue weighted by Crippen LogP contribution is -2.51. The van der Waals surface area contributed by atoms with Gasteiger partial charge < -0.3 is 4.74 Å². The summed E-state index contributed by atoms with van der Waals surface area (Å²) in [6.07, 6.45) is 13.1. The summed E-state index contributed by atoms with van der Waals surface area (Å²) in [5.74, 6) is 0. The van der Waals surface area contributed by atoms with Crippen molar-refractivity contribution in [2.24, 2.45) is 5.10 Å². The molecule has 0 aliphatic rings. The third-order valence-corrected chi connectivity index (χ3v) is 6.35. The summed E-state index contributed by atoms with van der Waals surface area (Å²) >= 11 is 0. The van der Waals surface area contributed by atoms with Crippen LogP contribution in [0, 0.1) is 0 Å².